The molecular formula is C57H51ClN6O9S3. The molecule has 7 rings (SSSR count). The van der Waals surface area contributed by atoms with Gasteiger partial charge in [-0.1, -0.05) is 126 Å². The predicted octanol–water partition coefficient (Wildman–Crippen LogP) is 11.2. The molecule has 388 valence electrons. The summed E-state index contributed by atoms with van der Waals surface area (Å²) in [6, 6.07) is 44.5. The molecule has 0 fully saturated rings. The lowest BCUT2D eigenvalue weighted by atomic mass is 10.0. The Morgan fingerprint density at radius 3 is 1.58 bits per heavy atom. The number of carboxylic acids is 2. The number of nitriles is 3. The number of benzene rings is 5. The van der Waals surface area contributed by atoms with Crippen LogP contribution in [-0.2, 0) is 21.2 Å². The quantitative estimate of drug-likeness (QED) is 0.0119. The van der Waals surface area contributed by atoms with Crippen molar-refractivity contribution in [3.8, 4) is 40.5 Å². The van der Waals surface area contributed by atoms with Gasteiger partial charge in [0.05, 0.1) is 56.4 Å². The minimum atomic E-state index is -0.991. The summed E-state index contributed by atoms with van der Waals surface area (Å²) < 4.78 is 4.70. The van der Waals surface area contributed by atoms with E-state index in [4.69, 9.17) is 42.8 Å². The molecule has 15 nitrogen and oxygen atoms in total. The number of aromatic nitrogens is 2. The Kier molecular flexibility index (Phi) is 25.9. The number of nitrogens with one attached hydrogen (secondary N) is 2. The van der Waals surface area contributed by atoms with Crippen molar-refractivity contribution in [2.75, 3.05) is 6.61 Å². The maximum absolute atomic E-state index is 12.1. The second kappa shape index (κ2) is 31.9. The van der Waals surface area contributed by atoms with Crippen molar-refractivity contribution in [3.63, 3.8) is 0 Å². The van der Waals surface area contributed by atoms with Gasteiger partial charge in [0.1, 0.15) is 18.6 Å². The summed E-state index contributed by atoms with van der Waals surface area (Å²) in [4.78, 5) is 73.1. The summed E-state index contributed by atoms with van der Waals surface area (Å²) in [6.07, 6.45) is 0.00618. The average Bonchev–Trinajstić information content (AvgIpc) is 3.39. The normalized spacial score (nSPS) is 9.72. The highest BCUT2D eigenvalue weighted by molar-refractivity contribution is 7.98. The number of nitrogens with zero attached hydrogens (tertiary/aromatic N) is 3. The van der Waals surface area contributed by atoms with Crippen molar-refractivity contribution in [1.29, 1.82) is 15.8 Å². The van der Waals surface area contributed by atoms with E-state index in [-0.39, 0.29) is 45.9 Å². The fourth-order valence-corrected chi connectivity index (χ4v) is 7.81. The van der Waals surface area contributed by atoms with Crippen LogP contribution in [-0.4, -0.2) is 55.5 Å². The van der Waals surface area contributed by atoms with Gasteiger partial charge in [0, 0.05) is 40.5 Å². The lowest BCUT2D eigenvalue weighted by molar-refractivity contribution is -0.141. The highest BCUT2D eigenvalue weighted by Crippen LogP contribution is 2.31. The predicted molar refractivity (Wildman–Crippen MR) is 301 cm³/mol. The van der Waals surface area contributed by atoms with Gasteiger partial charge in [0.2, 0.25) is 11.1 Å². The van der Waals surface area contributed by atoms with Gasteiger partial charge in [0.15, 0.2) is 5.78 Å². The van der Waals surface area contributed by atoms with Gasteiger partial charge in [0.25, 0.3) is 0 Å². The number of ketones is 1. The van der Waals surface area contributed by atoms with Crippen molar-refractivity contribution in [1.82, 2.24) is 9.97 Å². The first kappa shape index (κ1) is 61.7. The van der Waals surface area contributed by atoms with Crippen molar-refractivity contribution < 1.29 is 34.1 Å². The Morgan fingerprint density at radius 1 is 0.684 bits per heavy atom. The Balaban J connectivity index is 0.000000270. The number of nitrogens with two attached hydrogens (primary N) is 1. The molecule has 0 aliphatic rings. The Morgan fingerprint density at radius 2 is 1.14 bits per heavy atom. The molecule has 0 aliphatic carbocycles. The number of esters is 1. The van der Waals surface area contributed by atoms with Crippen LogP contribution in [0.4, 0.5) is 0 Å². The van der Waals surface area contributed by atoms with Gasteiger partial charge in [-0.25, -0.2) is 9.59 Å². The summed E-state index contributed by atoms with van der Waals surface area (Å²) in [5, 5.41) is 45.0. The smallest absolute Gasteiger partial charge is 0.335 e. The second-order valence-electron chi connectivity index (χ2n) is 16.0. The fourth-order valence-electron chi connectivity index (χ4n) is 6.34. The van der Waals surface area contributed by atoms with E-state index in [1.54, 1.807) is 61.5 Å². The van der Waals surface area contributed by atoms with Crippen molar-refractivity contribution in [2.45, 2.75) is 62.2 Å². The monoisotopic (exact) mass is 1090 g/mol. The molecule has 0 radical (unpaired) electrons. The van der Waals surface area contributed by atoms with E-state index in [9.17, 15) is 34.0 Å². The van der Waals surface area contributed by atoms with E-state index in [1.165, 1.54) is 30.0 Å². The number of aromatic carboxylic acids is 2. The van der Waals surface area contributed by atoms with E-state index < -0.39 is 17.9 Å². The Bertz CT molecular complexity index is 3420. The maximum Gasteiger partial charge on any atom is 0.335 e. The van der Waals surface area contributed by atoms with Crippen LogP contribution in [0.15, 0.2) is 153 Å². The molecule has 0 unspecified atom stereocenters. The zero-order valence-corrected chi connectivity index (χ0v) is 44.8. The number of carboxylic acid groups (broad SMARTS) is 2. The average molecular weight is 1100 g/mol. The van der Waals surface area contributed by atoms with E-state index in [1.807, 2.05) is 87.5 Å². The third-order valence-corrected chi connectivity index (χ3v) is 12.0. The van der Waals surface area contributed by atoms with Gasteiger partial charge in [-0.2, -0.15) is 15.8 Å². The number of carbonyl (C=O) groups is 4. The van der Waals surface area contributed by atoms with Crippen LogP contribution in [0.5, 0.6) is 0 Å². The molecule has 0 atom stereocenters. The number of alkyl halides is 1. The molecule has 0 bridgehead atoms. The van der Waals surface area contributed by atoms with Gasteiger partial charge < -0.3 is 30.7 Å². The number of thiocarbonyl (C=S) groups is 1. The van der Waals surface area contributed by atoms with Crippen LogP contribution >= 0.6 is 48.2 Å². The zero-order valence-electron chi connectivity index (χ0n) is 41.6. The third-order valence-electron chi connectivity index (χ3n) is 10.1. The number of thioether (sulfide) groups is 1. The molecule has 0 aliphatic heterocycles. The number of aromatic amines is 2. The summed E-state index contributed by atoms with van der Waals surface area (Å²) >= 11 is 15.3. The number of thiol groups is 1. The Labute approximate surface area is 459 Å². The highest BCUT2D eigenvalue weighted by atomic mass is 35.5. The number of rotatable bonds is 13. The molecule has 76 heavy (non-hydrogen) atoms. The van der Waals surface area contributed by atoms with Crippen LogP contribution in [0.3, 0.4) is 0 Å². The number of ether oxygens (including phenoxy) is 1. The largest absolute Gasteiger partial charge is 0.478 e. The standard InChI is InChI=1S/C21H16N2O3S.C13H10N2OS.C12H14O3.C8H7ClO2.C3H4N2S/c1-13-5-7-15(8-6-13)17-10-19(24)23-20(18(17)11-22)27-12-14-3-2-4-16(9-14)21(25)26;1-8-2-4-9(5-3-8)10-6-12(16)15-13(17)11(10)7-14;1-3-15-12(14)8-11(13)10-6-4-9(2)5-7-10;9-5-6-2-1-3-7(4-6)8(10)11;4-2-1-3(5)6/h2-10H,12H2,1H3,(H,23,24)(H,25,26);2-6H,1H3,(H2,15,16,17);4-7H,3,8H2,1-2H3;1-4H,5H2,(H,10,11);1H2,(H2,5,6). The molecule has 19 heteroatoms. The number of carbonyl (C=O) groups excluding carboxylic acids is 2. The molecule has 6 N–H and O–H groups in total. The van der Waals surface area contributed by atoms with Crippen molar-refractivity contribution >= 4 is 76.9 Å². The lowest BCUT2D eigenvalue weighted by Crippen LogP contribution is -2.11. The van der Waals surface area contributed by atoms with Crippen LogP contribution in [0.2, 0.25) is 0 Å². The molecule has 2 aromatic heterocycles. The van der Waals surface area contributed by atoms with E-state index >= 15 is 0 Å². The molecule has 0 amide bonds. The summed E-state index contributed by atoms with van der Waals surface area (Å²) in [5.41, 5.74) is 14.0. The highest BCUT2D eigenvalue weighted by Gasteiger charge is 2.15. The summed E-state index contributed by atoms with van der Waals surface area (Å²) in [5.74, 6) is -1.80. The Hall–Kier alpha value is -8.57. The molecular weight excluding hydrogens is 1040 g/mol. The van der Waals surface area contributed by atoms with Gasteiger partial charge >= 0.3 is 17.9 Å². The van der Waals surface area contributed by atoms with E-state index in [0.29, 0.717) is 56.1 Å². The van der Waals surface area contributed by atoms with Crippen LogP contribution in [0.1, 0.15) is 89.8 Å². The number of aryl methyl sites for hydroxylation is 3. The van der Waals surface area contributed by atoms with Crippen molar-refractivity contribution in [3.05, 3.63) is 210 Å². The van der Waals surface area contributed by atoms with Crippen LogP contribution in [0, 0.1) is 54.8 Å². The first-order chi connectivity index (χ1) is 36.2. The fraction of sp³-hybridized carbons (Fsp3) is 0.158. The van der Waals surface area contributed by atoms with Gasteiger partial charge in [-0.05, 0) is 74.2 Å². The first-order valence-electron chi connectivity index (χ1n) is 22.7. The number of pyridine rings is 2. The number of hydrogen-bond donors (Lipinski definition) is 6. The third kappa shape index (κ3) is 20.7. The zero-order chi connectivity index (χ0) is 56.3. The first-order valence-corrected chi connectivity index (χ1v) is 25.0. The SMILES string of the molecule is CCOC(=O)CC(=O)c1ccc(C)cc1.Cc1ccc(-c2cc(=O)[nH]c(S)c2C#N)cc1.Cc1ccc(-c2cc(=O)[nH]c(SCc3cccc(C(=O)O)c3)c2C#N)cc1.N#CCC(N)=S.O=C(O)c1cccc(CCl)c1. The van der Waals surface area contributed by atoms with E-state index in [0.717, 1.165) is 38.9 Å². The van der Waals surface area contributed by atoms with E-state index in [2.05, 4.69) is 47.0 Å². The number of hydrogen-bond acceptors (Lipinski definition) is 13. The minimum absolute atomic E-state index is 0.184. The summed E-state index contributed by atoms with van der Waals surface area (Å²) in [7, 11) is 0. The lowest BCUT2D eigenvalue weighted by Gasteiger charge is -2.10. The molecule has 5 aromatic carbocycles. The molecule has 7 aromatic rings. The second-order valence-corrected chi connectivity index (χ2v) is 18.2. The van der Waals surface area contributed by atoms with Crippen LogP contribution < -0.4 is 16.9 Å². The maximum atomic E-state index is 12.1. The van der Waals surface area contributed by atoms with Crippen molar-refractivity contribution in [2.24, 2.45) is 5.73 Å². The number of Topliss-reactive ketones (excluding diaryl/α,β-unsaturated/α-hetero) is 1. The molecule has 2 heterocycles. The number of halogens is 1. The summed E-state index contributed by atoms with van der Waals surface area (Å²) in [6.45, 7) is 7.92. The minimum Gasteiger partial charge on any atom is -0.478 e. The molecule has 0 spiro atoms. The van der Waals surface area contributed by atoms with Gasteiger partial charge in [-0.3, -0.25) is 19.2 Å². The molecule has 0 saturated carbocycles. The number of H-pyrrole nitrogens is 2. The molecule has 0 saturated heterocycles. The van der Waals surface area contributed by atoms with Gasteiger partial charge in [-0.15, -0.1) is 36.0 Å². The van der Waals surface area contributed by atoms with Crippen LogP contribution in [0.25, 0.3) is 22.3 Å². The topological polar surface area (TPSA) is 281 Å².